The summed E-state index contributed by atoms with van der Waals surface area (Å²) >= 11 is 2.71. The SMILES string of the molecule is Cc1cc(NC(=O)CSc2nc(N)c3ccsc3n2)no1. The van der Waals surface area contributed by atoms with Gasteiger partial charge in [0.15, 0.2) is 11.0 Å². The summed E-state index contributed by atoms with van der Waals surface area (Å²) in [6.07, 6.45) is 0. The number of amides is 1. The van der Waals surface area contributed by atoms with Gasteiger partial charge in [0.1, 0.15) is 16.4 Å². The quantitative estimate of drug-likeness (QED) is 0.561. The third-order valence-electron chi connectivity index (χ3n) is 2.56. The highest BCUT2D eigenvalue weighted by molar-refractivity contribution is 7.99. The van der Waals surface area contributed by atoms with Crippen molar-refractivity contribution >= 4 is 50.9 Å². The zero-order valence-electron chi connectivity index (χ0n) is 11.0. The highest BCUT2D eigenvalue weighted by Crippen LogP contribution is 2.26. The van der Waals surface area contributed by atoms with Crippen LogP contribution < -0.4 is 11.1 Å². The van der Waals surface area contributed by atoms with Crippen LogP contribution in [0.4, 0.5) is 11.6 Å². The van der Waals surface area contributed by atoms with Crippen LogP contribution in [0.5, 0.6) is 0 Å². The monoisotopic (exact) mass is 321 g/mol. The highest BCUT2D eigenvalue weighted by Gasteiger charge is 2.10. The van der Waals surface area contributed by atoms with E-state index in [9.17, 15) is 4.79 Å². The largest absolute Gasteiger partial charge is 0.383 e. The molecule has 0 aliphatic rings. The fourth-order valence-corrected chi connectivity index (χ4v) is 3.14. The second kappa shape index (κ2) is 5.70. The number of nitrogen functional groups attached to an aromatic ring is 1. The van der Waals surface area contributed by atoms with Gasteiger partial charge in [-0.3, -0.25) is 4.79 Å². The number of hydrogen-bond acceptors (Lipinski definition) is 8. The number of rotatable bonds is 4. The van der Waals surface area contributed by atoms with Crippen LogP contribution in [-0.4, -0.2) is 26.8 Å². The predicted molar refractivity (Wildman–Crippen MR) is 82.4 cm³/mol. The summed E-state index contributed by atoms with van der Waals surface area (Å²) in [6.45, 7) is 1.75. The molecule has 0 aliphatic heterocycles. The maximum atomic E-state index is 11.8. The molecule has 3 N–H and O–H groups in total. The molecule has 0 saturated carbocycles. The molecule has 9 heteroatoms. The van der Waals surface area contributed by atoms with Crippen molar-refractivity contribution < 1.29 is 9.32 Å². The highest BCUT2D eigenvalue weighted by atomic mass is 32.2. The van der Waals surface area contributed by atoms with Crippen LogP contribution >= 0.6 is 23.1 Å². The Morgan fingerprint density at radius 2 is 2.38 bits per heavy atom. The molecule has 0 radical (unpaired) electrons. The zero-order chi connectivity index (χ0) is 14.8. The molecule has 0 atom stereocenters. The van der Waals surface area contributed by atoms with E-state index in [0.717, 1.165) is 10.2 Å². The molecule has 3 aromatic rings. The first-order valence-corrected chi connectivity index (χ1v) is 7.85. The summed E-state index contributed by atoms with van der Waals surface area (Å²) in [6, 6.07) is 3.53. The number of anilines is 2. The molecule has 0 spiro atoms. The number of hydrogen-bond donors (Lipinski definition) is 2. The van der Waals surface area contributed by atoms with Crippen molar-refractivity contribution in [3.63, 3.8) is 0 Å². The van der Waals surface area contributed by atoms with Crippen LogP contribution in [-0.2, 0) is 4.79 Å². The summed E-state index contributed by atoms with van der Waals surface area (Å²) in [7, 11) is 0. The Morgan fingerprint density at radius 3 is 3.14 bits per heavy atom. The Kier molecular flexibility index (Phi) is 3.76. The molecule has 7 nitrogen and oxygen atoms in total. The van der Waals surface area contributed by atoms with Crippen molar-refractivity contribution in [3.8, 4) is 0 Å². The molecule has 0 saturated heterocycles. The van der Waals surface area contributed by atoms with E-state index >= 15 is 0 Å². The van der Waals surface area contributed by atoms with Gasteiger partial charge in [-0.2, -0.15) is 0 Å². The molecule has 0 unspecified atom stereocenters. The summed E-state index contributed by atoms with van der Waals surface area (Å²) in [4.78, 5) is 21.1. The van der Waals surface area contributed by atoms with E-state index < -0.39 is 0 Å². The van der Waals surface area contributed by atoms with Gasteiger partial charge in [0.05, 0.1) is 11.1 Å². The van der Waals surface area contributed by atoms with Crippen molar-refractivity contribution in [2.24, 2.45) is 0 Å². The lowest BCUT2D eigenvalue weighted by molar-refractivity contribution is -0.113. The summed E-state index contributed by atoms with van der Waals surface area (Å²) < 4.78 is 4.87. The fraction of sp³-hybridized carbons (Fsp3) is 0.167. The molecule has 3 heterocycles. The molecular weight excluding hydrogens is 310 g/mol. The average Bonchev–Trinajstić information content (AvgIpc) is 3.06. The Bertz CT molecular complexity index is 798. The first-order chi connectivity index (χ1) is 10.1. The first kappa shape index (κ1) is 13.8. The second-order valence-electron chi connectivity index (χ2n) is 4.19. The Balaban J connectivity index is 1.64. The van der Waals surface area contributed by atoms with Crippen LogP contribution in [0.1, 0.15) is 5.76 Å². The number of fused-ring (bicyclic) bond motifs is 1. The second-order valence-corrected chi connectivity index (χ2v) is 6.03. The third-order valence-corrected chi connectivity index (χ3v) is 4.22. The van der Waals surface area contributed by atoms with Crippen molar-refractivity contribution in [2.75, 3.05) is 16.8 Å². The number of nitrogens with one attached hydrogen (secondary N) is 1. The van der Waals surface area contributed by atoms with Crippen molar-refractivity contribution in [1.29, 1.82) is 0 Å². The minimum absolute atomic E-state index is 0.169. The minimum Gasteiger partial charge on any atom is -0.383 e. The van der Waals surface area contributed by atoms with Crippen LogP contribution in [0.3, 0.4) is 0 Å². The van der Waals surface area contributed by atoms with E-state index in [1.54, 1.807) is 13.0 Å². The van der Waals surface area contributed by atoms with Crippen molar-refractivity contribution in [2.45, 2.75) is 12.1 Å². The summed E-state index contributed by atoms with van der Waals surface area (Å²) in [5.41, 5.74) is 5.85. The lowest BCUT2D eigenvalue weighted by Gasteiger charge is -2.02. The van der Waals surface area contributed by atoms with Gasteiger partial charge in [-0.1, -0.05) is 16.9 Å². The zero-order valence-corrected chi connectivity index (χ0v) is 12.6. The number of thioether (sulfide) groups is 1. The maximum Gasteiger partial charge on any atom is 0.236 e. The molecule has 3 rings (SSSR count). The smallest absolute Gasteiger partial charge is 0.236 e. The lowest BCUT2D eigenvalue weighted by Crippen LogP contribution is -2.14. The number of carbonyl (C=O) groups is 1. The van der Waals surface area contributed by atoms with E-state index in [1.165, 1.54) is 23.1 Å². The molecule has 1 amide bonds. The Morgan fingerprint density at radius 1 is 1.52 bits per heavy atom. The standard InChI is InChI=1S/C12H11N5O2S2/c1-6-4-8(17-19-6)14-9(18)5-21-12-15-10(13)7-2-3-20-11(7)16-12/h2-4H,5H2,1H3,(H2,13,15,16)(H,14,17,18). The summed E-state index contributed by atoms with van der Waals surface area (Å²) in [5, 5.41) is 9.55. The molecular formula is C12H11N5O2S2. The van der Waals surface area contributed by atoms with Crippen molar-refractivity contribution in [1.82, 2.24) is 15.1 Å². The van der Waals surface area contributed by atoms with E-state index in [2.05, 4.69) is 20.4 Å². The van der Waals surface area contributed by atoms with E-state index in [1.807, 2.05) is 11.4 Å². The van der Waals surface area contributed by atoms with Crippen LogP contribution in [0, 0.1) is 6.92 Å². The normalized spacial score (nSPS) is 10.9. The minimum atomic E-state index is -0.207. The van der Waals surface area contributed by atoms with Gasteiger partial charge < -0.3 is 15.6 Å². The predicted octanol–water partition coefficient (Wildman–Crippen LogP) is 2.30. The van der Waals surface area contributed by atoms with Crippen LogP contribution in [0.2, 0.25) is 0 Å². The molecule has 0 aliphatic carbocycles. The van der Waals surface area contributed by atoms with Gasteiger partial charge in [0, 0.05) is 6.07 Å². The van der Waals surface area contributed by atoms with Gasteiger partial charge in [0.2, 0.25) is 5.91 Å². The number of thiophene rings is 1. The van der Waals surface area contributed by atoms with Gasteiger partial charge in [-0.15, -0.1) is 11.3 Å². The molecule has 3 aromatic heterocycles. The number of aryl methyl sites for hydroxylation is 1. The number of nitrogens with zero attached hydrogens (tertiary/aromatic N) is 3. The topological polar surface area (TPSA) is 107 Å². The van der Waals surface area contributed by atoms with Gasteiger partial charge >= 0.3 is 0 Å². The Hall–Kier alpha value is -2.13. The first-order valence-electron chi connectivity index (χ1n) is 5.98. The Labute approximate surface area is 127 Å². The van der Waals surface area contributed by atoms with Crippen LogP contribution in [0.15, 0.2) is 27.2 Å². The van der Waals surface area contributed by atoms with Gasteiger partial charge in [-0.25, -0.2) is 9.97 Å². The average molecular weight is 321 g/mol. The number of aromatic nitrogens is 3. The molecule has 21 heavy (non-hydrogen) atoms. The summed E-state index contributed by atoms with van der Waals surface area (Å²) in [5.74, 6) is 1.42. The van der Waals surface area contributed by atoms with E-state index in [-0.39, 0.29) is 11.7 Å². The number of carbonyl (C=O) groups excluding carboxylic acids is 1. The third kappa shape index (κ3) is 3.14. The van der Waals surface area contributed by atoms with Gasteiger partial charge in [-0.05, 0) is 18.4 Å². The fourth-order valence-electron chi connectivity index (χ4n) is 1.66. The molecule has 108 valence electrons. The van der Waals surface area contributed by atoms with Gasteiger partial charge in [0.25, 0.3) is 0 Å². The number of nitrogens with two attached hydrogens (primary N) is 1. The molecule has 0 aromatic carbocycles. The van der Waals surface area contributed by atoms with E-state index in [0.29, 0.717) is 22.6 Å². The lowest BCUT2D eigenvalue weighted by atomic mass is 10.4. The van der Waals surface area contributed by atoms with Crippen LogP contribution in [0.25, 0.3) is 10.2 Å². The molecule has 0 fully saturated rings. The van der Waals surface area contributed by atoms with Crippen molar-refractivity contribution in [3.05, 3.63) is 23.3 Å². The molecule has 0 bridgehead atoms. The maximum absolute atomic E-state index is 11.8. The van der Waals surface area contributed by atoms with E-state index in [4.69, 9.17) is 10.3 Å².